The fourth-order valence-electron chi connectivity index (χ4n) is 3.10. The van der Waals surface area contributed by atoms with Gasteiger partial charge >= 0.3 is 0 Å². The Hall–Kier alpha value is -0.0400. The summed E-state index contributed by atoms with van der Waals surface area (Å²) in [5.74, 6) is 1.92. The highest BCUT2D eigenvalue weighted by atomic mass is 14.9. The summed E-state index contributed by atoms with van der Waals surface area (Å²) in [5, 5.41) is 3.73. The zero-order valence-corrected chi connectivity index (χ0v) is 11.1. The summed E-state index contributed by atoms with van der Waals surface area (Å²) >= 11 is 0. The molecule has 2 rings (SSSR count). The van der Waals surface area contributed by atoms with E-state index in [1.165, 1.54) is 25.8 Å². The number of hydrogen-bond donors (Lipinski definition) is 1. The second-order valence-corrected chi connectivity index (χ2v) is 6.98. The smallest absolute Gasteiger partial charge is 0.00414 e. The Labute approximate surface area is 95.0 Å². The fourth-order valence-corrected chi connectivity index (χ4v) is 3.10. The average molecular weight is 209 g/mol. The Bertz CT molecular complexity index is 224. The lowest BCUT2D eigenvalue weighted by atomic mass is 10.0. The molecule has 0 radical (unpaired) electrons. The molecule has 2 fully saturated rings. The van der Waals surface area contributed by atoms with Gasteiger partial charge in [-0.3, -0.25) is 0 Å². The van der Waals surface area contributed by atoms with Crippen molar-refractivity contribution in [3.05, 3.63) is 0 Å². The maximum absolute atomic E-state index is 3.73. The van der Waals surface area contributed by atoms with Gasteiger partial charge < -0.3 is 5.32 Å². The van der Waals surface area contributed by atoms with Crippen LogP contribution in [0.5, 0.6) is 0 Å². The summed E-state index contributed by atoms with van der Waals surface area (Å²) in [6.07, 6.45) is 4.35. The molecule has 1 heteroatoms. The molecule has 1 atom stereocenters. The normalized spacial score (nSPS) is 30.2. The maximum atomic E-state index is 3.73. The molecule has 0 aromatic carbocycles. The Balaban J connectivity index is 1.70. The third-order valence-corrected chi connectivity index (χ3v) is 5.37. The fraction of sp³-hybridized carbons (Fsp3) is 1.00. The highest BCUT2D eigenvalue weighted by Gasteiger charge is 2.63. The molecule has 1 nitrogen and oxygen atoms in total. The van der Waals surface area contributed by atoms with Gasteiger partial charge in [0.1, 0.15) is 0 Å². The molecule has 1 N–H and O–H groups in total. The van der Waals surface area contributed by atoms with Crippen molar-refractivity contribution in [2.75, 3.05) is 6.54 Å². The van der Waals surface area contributed by atoms with Crippen molar-refractivity contribution in [1.82, 2.24) is 5.32 Å². The van der Waals surface area contributed by atoms with Crippen molar-refractivity contribution in [1.29, 1.82) is 0 Å². The van der Waals surface area contributed by atoms with E-state index in [4.69, 9.17) is 0 Å². The molecule has 0 aromatic rings. The topological polar surface area (TPSA) is 12.0 Å². The highest BCUT2D eigenvalue weighted by Crippen LogP contribution is 2.67. The Kier molecular flexibility index (Phi) is 2.65. The summed E-state index contributed by atoms with van der Waals surface area (Å²) in [5.41, 5.74) is 1.08. The van der Waals surface area contributed by atoms with Gasteiger partial charge in [-0.05, 0) is 42.6 Å². The predicted octanol–water partition coefficient (Wildman–Crippen LogP) is 3.45. The third kappa shape index (κ3) is 2.08. The monoisotopic (exact) mass is 209 g/mol. The van der Waals surface area contributed by atoms with Crippen LogP contribution >= 0.6 is 0 Å². The van der Waals surface area contributed by atoms with Gasteiger partial charge in [0, 0.05) is 6.04 Å². The first-order valence-electron chi connectivity index (χ1n) is 6.59. The molecule has 88 valence electrons. The van der Waals surface area contributed by atoms with Crippen LogP contribution in [0.25, 0.3) is 0 Å². The first kappa shape index (κ1) is 11.4. The van der Waals surface area contributed by atoms with Crippen molar-refractivity contribution in [2.24, 2.45) is 22.7 Å². The quantitative estimate of drug-likeness (QED) is 0.731. The molecular formula is C14H27N. The lowest BCUT2D eigenvalue weighted by Gasteiger charge is -2.14. The number of rotatable bonds is 5. The van der Waals surface area contributed by atoms with Gasteiger partial charge in [-0.2, -0.15) is 0 Å². The van der Waals surface area contributed by atoms with Gasteiger partial charge in [-0.15, -0.1) is 0 Å². The molecule has 0 aromatic heterocycles. The van der Waals surface area contributed by atoms with Crippen molar-refractivity contribution in [3.63, 3.8) is 0 Å². The minimum absolute atomic E-state index is 0.541. The van der Waals surface area contributed by atoms with Crippen molar-refractivity contribution >= 4 is 0 Å². The molecule has 2 saturated carbocycles. The second-order valence-electron chi connectivity index (χ2n) is 6.98. The Morgan fingerprint density at radius 2 is 1.67 bits per heavy atom. The third-order valence-electron chi connectivity index (χ3n) is 5.37. The lowest BCUT2D eigenvalue weighted by Crippen LogP contribution is -2.29. The zero-order chi connectivity index (χ0) is 11.3. The van der Waals surface area contributed by atoms with Crippen LogP contribution in [0.1, 0.15) is 53.9 Å². The molecule has 15 heavy (non-hydrogen) atoms. The van der Waals surface area contributed by atoms with Crippen LogP contribution in [0.2, 0.25) is 0 Å². The van der Waals surface area contributed by atoms with E-state index in [9.17, 15) is 0 Å². The molecule has 0 aliphatic heterocycles. The minimum atomic E-state index is 0.541. The summed E-state index contributed by atoms with van der Waals surface area (Å²) in [6.45, 7) is 13.2. The van der Waals surface area contributed by atoms with Crippen LogP contribution in [-0.2, 0) is 0 Å². The van der Waals surface area contributed by atoms with Gasteiger partial charge in [0.05, 0.1) is 0 Å². The van der Waals surface area contributed by atoms with Crippen molar-refractivity contribution in [2.45, 2.75) is 59.9 Å². The summed E-state index contributed by atoms with van der Waals surface area (Å²) in [7, 11) is 0. The van der Waals surface area contributed by atoms with E-state index in [1.54, 1.807) is 0 Å². The van der Waals surface area contributed by atoms with Crippen LogP contribution in [0, 0.1) is 22.7 Å². The van der Waals surface area contributed by atoms with E-state index in [0.29, 0.717) is 10.8 Å². The summed E-state index contributed by atoms with van der Waals surface area (Å²) < 4.78 is 0. The average Bonchev–Trinajstić information content (AvgIpc) is 2.93. The molecule has 1 unspecified atom stereocenters. The second kappa shape index (κ2) is 3.48. The first-order chi connectivity index (χ1) is 6.85. The largest absolute Gasteiger partial charge is 0.314 e. The van der Waals surface area contributed by atoms with Gasteiger partial charge in [0.15, 0.2) is 0 Å². The van der Waals surface area contributed by atoms with Gasteiger partial charge in [0.25, 0.3) is 0 Å². The molecule has 0 heterocycles. The van der Waals surface area contributed by atoms with E-state index < -0.39 is 0 Å². The van der Waals surface area contributed by atoms with Gasteiger partial charge in [-0.1, -0.05) is 40.5 Å². The highest BCUT2D eigenvalue weighted by molar-refractivity contribution is 5.12. The van der Waals surface area contributed by atoms with Crippen molar-refractivity contribution < 1.29 is 0 Å². The van der Waals surface area contributed by atoms with Crippen molar-refractivity contribution in [3.8, 4) is 0 Å². The van der Waals surface area contributed by atoms with Crippen LogP contribution < -0.4 is 5.32 Å². The Morgan fingerprint density at radius 1 is 1.13 bits per heavy atom. The number of nitrogens with one attached hydrogen (secondary N) is 1. The van der Waals surface area contributed by atoms with Crippen LogP contribution in [-0.4, -0.2) is 12.6 Å². The van der Waals surface area contributed by atoms with Gasteiger partial charge in [-0.25, -0.2) is 0 Å². The molecule has 2 aliphatic carbocycles. The van der Waals surface area contributed by atoms with E-state index in [2.05, 4.69) is 39.9 Å². The molecule has 0 saturated heterocycles. The molecular weight excluding hydrogens is 182 g/mol. The zero-order valence-electron chi connectivity index (χ0n) is 11.1. The van der Waals surface area contributed by atoms with E-state index >= 15 is 0 Å². The molecule has 0 bridgehead atoms. The number of hydrogen-bond acceptors (Lipinski definition) is 1. The molecule has 0 amide bonds. The first-order valence-corrected chi connectivity index (χ1v) is 6.59. The SMILES string of the molecule is CC(CC1CC1)NCC1C(C)(C)C1(C)C. The maximum Gasteiger partial charge on any atom is 0.00414 e. The Morgan fingerprint density at radius 3 is 2.07 bits per heavy atom. The summed E-state index contributed by atoms with van der Waals surface area (Å²) in [4.78, 5) is 0. The van der Waals surface area contributed by atoms with Crippen LogP contribution in [0.15, 0.2) is 0 Å². The summed E-state index contributed by atoms with van der Waals surface area (Å²) in [6, 6.07) is 0.727. The van der Waals surface area contributed by atoms with E-state index in [0.717, 1.165) is 17.9 Å². The van der Waals surface area contributed by atoms with E-state index in [-0.39, 0.29) is 0 Å². The van der Waals surface area contributed by atoms with E-state index in [1.807, 2.05) is 0 Å². The van der Waals surface area contributed by atoms with Crippen LogP contribution in [0.3, 0.4) is 0 Å². The minimum Gasteiger partial charge on any atom is -0.314 e. The molecule has 2 aliphatic rings. The standard InChI is InChI=1S/C14H27N/c1-10(8-11-6-7-11)15-9-12-13(2,3)14(12,4)5/h10-12,15H,6-9H2,1-5H3. The lowest BCUT2D eigenvalue weighted by molar-refractivity contribution is 0.445. The van der Waals surface area contributed by atoms with Crippen LogP contribution in [0.4, 0.5) is 0 Å². The van der Waals surface area contributed by atoms with Gasteiger partial charge in [0.2, 0.25) is 0 Å². The predicted molar refractivity (Wildman–Crippen MR) is 65.9 cm³/mol. The molecule has 0 spiro atoms.